The van der Waals surface area contributed by atoms with Crippen LogP contribution in [0.4, 0.5) is 0 Å². The van der Waals surface area contributed by atoms with Crippen LogP contribution in [0.3, 0.4) is 0 Å². The molecular formula is C12H27ClN2. The van der Waals surface area contributed by atoms with E-state index in [1.807, 2.05) is 0 Å². The summed E-state index contributed by atoms with van der Waals surface area (Å²) in [6.07, 6.45) is 2.36. The second-order valence-corrected chi connectivity index (χ2v) is 4.36. The summed E-state index contributed by atoms with van der Waals surface area (Å²) < 4.78 is 0. The smallest absolute Gasteiger partial charge is 0.0226 e. The van der Waals surface area contributed by atoms with Crippen LogP contribution in [0.5, 0.6) is 0 Å². The molecule has 0 heterocycles. The Hall–Kier alpha value is 0.210. The van der Waals surface area contributed by atoms with Crippen LogP contribution in [-0.4, -0.2) is 43.5 Å². The van der Waals surface area contributed by atoms with Crippen molar-refractivity contribution in [2.24, 2.45) is 5.92 Å². The number of alkyl halides is 1. The lowest BCUT2D eigenvalue weighted by molar-refractivity contribution is 0.298. The Kier molecular flexibility index (Phi) is 10.9. The Labute approximate surface area is 100 Å². The number of hydrogen-bond acceptors (Lipinski definition) is 2. The van der Waals surface area contributed by atoms with Crippen LogP contribution in [0.15, 0.2) is 0 Å². The zero-order chi connectivity index (χ0) is 11.5. The molecule has 0 amide bonds. The molecule has 0 aromatic heterocycles. The van der Waals surface area contributed by atoms with E-state index in [0.29, 0.717) is 0 Å². The van der Waals surface area contributed by atoms with E-state index in [4.69, 9.17) is 11.6 Å². The van der Waals surface area contributed by atoms with E-state index in [1.165, 1.54) is 6.42 Å². The monoisotopic (exact) mass is 234 g/mol. The van der Waals surface area contributed by atoms with Gasteiger partial charge in [0.1, 0.15) is 0 Å². The second-order valence-electron chi connectivity index (χ2n) is 3.98. The standard InChI is InChI=1S/C12H27ClN2/c1-4-12(7-8-13)11-14-9-10-15(5-2)6-3/h12,14H,4-11H2,1-3H3. The van der Waals surface area contributed by atoms with Crippen LogP contribution < -0.4 is 5.32 Å². The summed E-state index contributed by atoms with van der Waals surface area (Å²) in [6.45, 7) is 12.3. The Morgan fingerprint density at radius 3 is 2.33 bits per heavy atom. The molecule has 0 aliphatic rings. The van der Waals surface area contributed by atoms with E-state index in [1.54, 1.807) is 0 Å². The minimum Gasteiger partial charge on any atom is -0.315 e. The van der Waals surface area contributed by atoms with Gasteiger partial charge in [-0.2, -0.15) is 0 Å². The molecule has 0 rings (SSSR count). The van der Waals surface area contributed by atoms with Gasteiger partial charge in [-0.1, -0.05) is 27.2 Å². The maximum atomic E-state index is 5.75. The normalized spacial score (nSPS) is 13.4. The average Bonchev–Trinajstić information content (AvgIpc) is 2.28. The molecule has 2 nitrogen and oxygen atoms in total. The van der Waals surface area contributed by atoms with Crippen LogP contribution in [0.25, 0.3) is 0 Å². The lowest BCUT2D eigenvalue weighted by Gasteiger charge is -2.19. The SMILES string of the molecule is CCC(CCCl)CNCCN(CC)CC. The van der Waals surface area contributed by atoms with E-state index in [-0.39, 0.29) is 0 Å². The summed E-state index contributed by atoms with van der Waals surface area (Å²) in [6, 6.07) is 0. The Morgan fingerprint density at radius 2 is 1.87 bits per heavy atom. The molecule has 0 bridgehead atoms. The average molecular weight is 235 g/mol. The molecule has 1 unspecified atom stereocenters. The topological polar surface area (TPSA) is 15.3 Å². The number of rotatable bonds is 10. The summed E-state index contributed by atoms with van der Waals surface area (Å²) in [5.74, 6) is 1.54. The fourth-order valence-corrected chi connectivity index (χ4v) is 2.00. The van der Waals surface area contributed by atoms with Gasteiger partial charge in [-0.3, -0.25) is 0 Å². The Balaban J connectivity index is 3.42. The molecule has 0 saturated carbocycles. The quantitative estimate of drug-likeness (QED) is 0.462. The summed E-state index contributed by atoms with van der Waals surface area (Å²) >= 11 is 5.75. The van der Waals surface area contributed by atoms with E-state index in [2.05, 4.69) is 31.0 Å². The predicted molar refractivity (Wildman–Crippen MR) is 69.8 cm³/mol. The molecule has 1 N–H and O–H groups in total. The maximum absolute atomic E-state index is 5.75. The molecule has 15 heavy (non-hydrogen) atoms. The first kappa shape index (κ1) is 15.2. The number of halogens is 1. The molecule has 0 fully saturated rings. The molecule has 0 aliphatic heterocycles. The van der Waals surface area contributed by atoms with Crippen molar-refractivity contribution in [2.75, 3.05) is 38.6 Å². The number of likely N-dealkylation sites (N-methyl/N-ethyl adjacent to an activating group) is 1. The molecule has 3 heteroatoms. The zero-order valence-corrected chi connectivity index (χ0v) is 11.3. The fraction of sp³-hybridized carbons (Fsp3) is 1.00. The first-order valence-electron chi connectivity index (χ1n) is 6.27. The summed E-state index contributed by atoms with van der Waals surface area (Å²) in [4.78, 5) is 2.44. The van der Waals surface area contributed by atoms with Gasteiger partial charge in [0, 0.05) is 19.0 Å². The number of nitrogens with zero attached hydrogens (tertiary/aromatic N) is 1. The van der Waals surface area contributed by atoms with Gasteiger partial charge in [-0.15, -0.1) is 11.6 Å². The number of hydrogen-bond donors (Lipinski definition) is 1. The van der Waals surface area contributed by atoms with Crippen molar-refractivity contribution in [3.8, 4) is 0 Å². The molecular weight excluding hydrogens is 208 g/mol. The molecule has 0 radical (unpaired) electrons. The largest absolute Gasteiger partial charge is 0.315 e. The Morgan fingerprint density at radius 1 is 1.20 bits per heavy atom. The van der Waals surface area contributed by atoms with Crippen LogP contribution in [0, 0.1) is 5.92 Å². The van der Waals surface area contributed by atoms with Crippen LogP contribution in [-0.2, 0) is 0 Å². The van der Waals surface area contributed by atoms with Crippen molar-refractivity contribution >= 4 is 11.6 Å². The zero-order valence-electron chi connectivity index (χ0n) is 10.6. The van der Waals surface area contributed by atoms with Crippen LogP contribution >= 0.6 is 11.6 Å². The highest BCUT2D eigenvalue weighted by Crippen LogP contribution is 2.07. The van der Waals surface area contributed by atoms with E-state index >= 15 is 0 Å². The third-order valence-electron chi connectivity index (χ3n) is 3.03. The van der Waals surface area contributed by atoms with Gasteiger partial charge in [0.25, 0.3) is 0 Å². The number of nitrogens with one attached hydrogen (secondary N) is 1. The molecule has 92 valence electrons. The third-order valence-corrected chi connectivity index (χ3v) is 3.25. The van der Waals surface area contributed by atoms with Crippen molar-refractivity contribution in [2.45, 2.75) is 33.6 Å². The minimum absolute atomic E-state index is 0.749. The van der Waals surface area contributed by atoms with Gasteiger partial charge in [-0.25, -0.2) is 0 Å². The van der Waals surface area contributed by atoms with E-state index in [9.17, 15) is 0 Å². The summed E-state index contributed by atoms with van der Waals surface area (Å²) in [5.41, 5.74) is 0. The van der Waals surface area contributed by atoms with E-state index < -0.39 is 0 Å². The van der Waals surface area contributed by atoms with E-state index in [0.717, 1.165) is 50.9 Å². The van der Waals surface area contributed by atoms with Gasteiger partial charge in [-0.05, 0) is 32.0 Å². The molecule has 0 aliphatic carbocycles. The highest BCUT2D eigenvalue weighted by atomic mass is 35.5. The molecule has 0 aromatic rings. The lowest BCUT2D eigenvalue weighted by Crippen LogP contribution is -2.34. The van der Waals surface area contributed by atoms with Gasteiger partial charge in [0.2, 0.25) is 0 Å². The third kappa shape index (κ3) is 8.06. The molecule has 1 atom stereocenters. The fourth-order valence-electron chi connectivity index (χ4n) is 1.69. The van der Waals surface area contributed by atoms with Crippen LogP contribution in [0.2, 0.25) is 0 Å². The Bertz CT molecular complexity index is 127. The molecule has 0 saturated heterocycles. The summed E-state index contributed by atoms with van der Waals surface area (Å²) in [5, 5.41) is 3.52. The summed E-state index contributed by atoms with van der Waals surface area (Å²) in [7, 11) is 0. The minimum atomic E-state index is 0.749. The first-order valence-corrected chi connectivity index (χ1v) is 6.80. The van der Waals surface area contributed by atoms with Crippen molar-refractivity contribution in [1.82, 2.24) is 10.2 Å². The molecule has 0 spiro atoms. The van der Waals surface area contributed by atoms with Crippen molar-refractivity contribution < 1.29 is 0 Å². The van der Waals surface area contributed by atoms with Crippen LogP contribution in [0.1, 0.15) is 33.6 Å². The first-order chi connectivity index (χ1) is 7.28. The van der Waals surface area contributed by atoms with Gasteiger partial charge in [0.15, 0.2) is 0 Å². The van der Waals surface area contributed by atoms with Gasteiger partial charge in [0.05, 0.1) is 0 Å². The van der Waals surface area contributed by atoms with Gasteiger partial charge >= 0.3 is 0 Å². The van der Waals surface area contributed by atoms with Crippen molar-refractivity contribution in [3.63, 3.8) is 0 Å². The maximum Gasteiger partial charge on any atom is 0.0226 e. The van der Waals surface area contributed by atoms with Crippen molar-refractivity contribution in [3.05, 3.63) is 0 Å². The molecule has 0 aromatic carbocycles. The predicted octanol–water partition coefficient (Wildman–Crippen LogP) is 2.57. The highest BCUT2D eigenvalue weighted by Gasteiger charge is 2.04. The lowest BCUT2D eigenvalue weighted by atomic mass is 10.0. The highest BCUT2D eigenvalue weighted by molar-refractivity contribution is 6.17. The second kappa shape index (κ2) is 10.7. The van der Waals surface area contributed by atoms with Crippen molar-refractivity contribution in [1.29, 1.82) is 0 Å². The van der Waals surface area contributed by atoms with Gasteiger partial charge < -0.3 is 10.2 Å².